The number of ether oxygens (including phenoxy) is 1. The van der Waals surface area contributed by atoms with Crippen LogP contribution in [0.25, 0.3) is 17.2 Å². The maximum absolute atomic E-state index is 13.3. The summed E-state index contributed by atoms with van der Waals surface area (Å²) in [5.74, 6) is -0.0892. The van der Waals surface area contributed by atoms with Gasteiger partial charge in [-0.15, -0.1) is 0 Å². The fourth-order valence-corrected chi connectivity index (χ4v) is 3.59. The van der Waals surface area contributed by atoms with E-state index in [9.17, 15) is 9.18 Å². The maximum atomic E-state index is 13.3. The van der Waals surface area contributed by atoms with Gasteiger partial charge in [0.25, 0.3) is 11.9 Å². The Balaban J connectivity index is 1.72. The molecule has 1 N–H and O–H groups in total. The summed E-state index contributed by atoms with van der Waals surface area (Å²) in [7, 11) is 0. The molecule has 1 aliphatic rings. The van der Waals surface area contributed by atoms with Gasteiger partial charge in [0.1, 0.15) is 5.82 Å². The Kier molecular flexibility index (Phi) is 5.59. The molecule has 0 unspecified atom stereocenters. The highest BCUT2D eigenvalue weighted by atomic mass is 19.1. The molecule has 0 bridgehead atoms. The topological polar surface area (TPSA) is 81.9 Å². The van der Waals surface area contributed by atoms with Crippen LogP contribution in [0.15, 0.2) is 36.7 Å². The third-order valence-corrected chi connectivity index (χ3v) is 5.13. The highest BCUT2D eigenvalue weighted by molar-refractivity contribution is 5.95. The van der Waals surface area contributed by atoms with E-state index >= 15 is 0 Å². The average molecular weight is 409 g/mol. The van der Waals surface area contributed by atoms with Crippen LogP contribution in [0, 0.1) is 12.7 Å². The number of aryl methyl sites for hydroxylation is 1. The second kappa shape index (κ2) is 8.31. The minimum Gasteiger partial charge on any atom is -0.379 e. The largest absolute Gasteiger partial charge is 0.379 e. The van der Waals surface area contributed by atoms with E-state index in [1.165, 1.54) is 12.1 Å². The van der Waals surface area contributed by atoms with Gasteiger partial charge in [-0.05, 0) is 49.1 Å². The molecule has 4 rings (SSSR count). The first-order valence-electron chi connectivity index (χ1n) is 10.0. The maximum Gasteiger partial charge on any atom is 0.255 e. The molecule has 1 saturated heterocycles. The van der Waals surface area contributed by atoms with Crippen LogP contribution < -0.4 is 5.32 Å². The van der Waals surface area contributed by atoms with Gasteiger partial charge >= 0.3 is 0 Å². The summed E-state index contributed by atoms with van der Waals surface area (Å²) in [6.07, 6.45) is 4.07. The van der Waals surface area contributed by atoms with Crippen molar-refractivity contribution in [2.24, 2.45) is 0 Å². The first-order chi connectivity index (χ1) is 14.4. The lowest BCUT2D eigenvalue weighted by atomic mass is 10.0. The van der Waals surface area contributed by atoms with Gasteiger partial charge in [-0.25, -0.2) is 19.0 Å². The number of benzene rings is 1. The Morgan fingerprint density at radius 3 is 2.70 bits per heavy atom. The van der Waals surface area contributed by atoms with Crippen molar-refractivity contribution in [1.82, 2.24) is 25.1 Å². The summed E-state index contributed by atoms with van der Waals surface area (Å²) in [5, 5.41) is 7.43. The second-order valence-corrected chi connectivity index (χ2v) is 7.75. The SMILES string of the molecule is Cc1cnc(-n2ncc(C(=O)N[C@@H]3CCOC3)c2C(C)C)nc1-c1ccc(F)cc1. The van der Waals surface area contributed by atoms with E-state index in [1.807, 2.05) is 20.8 Å². The number of nitrogens with zero attached hydrogens (tertiary/aromatic N) is 4. The Morgan fingerprint density at radius 2 is 2.03 bits per heavy atom. The van der Waals surface area contributed by atoms with Gasteiger partial charge in [0.15, 0.2) is 0 Å². The summed E-state index contributed by atoms with van der Waals surface area (Å²) in [6.45, 7) is 7.08. The lowest BCUT2D eigenvalue weighted by Crippen LogP contribution is -2.35. The summed E-state index contributed by atoms with van der Waals surface area (Å²) < 4.78 is 20.3. The summed E-state index contributed by atoms with van der Waals surface area (Å²) in [6, 6.07) is 6.19. The molecule has 0 spiro atoms. The molecule has 8 heteroatoms. The van der Waals surface area contributed by atoms with Crippen LogP contribution in [-0.4, -0.2) is 44.9 Å². The number of hydrogen-bond acceptors (Lipinski definition) is 5. The number of nitrogens with one attached hydrogen (secondary N) is 1. The van der Waals surface area contributed by atoms with E-state index in [2.05, 4.69) is 20.4 Å². The summed E-state index contributed by atoms with van der Waals surface area (Å²) in [5.41, 5.74) is 3.59. The van der Waals surface area contributed by atoms with E-state index in [4.69, 9.17) is 4.74 Å². The molecule has 30 heavy (non-hydrogen) atoms. The second-order valence-electron chi connectivity index (χ2n) is 7.75. The van der Waals surface area contributed by atoms with Gasteiger partial charge in [-0.2, -0.15) is 5.10 Å². The van der Waals surface area contributed by atoms with Crippen molar-refractivity contribution in [3.63, 3.8) is 0 Å². The van der Waals surface area contributed by atoms with Gasteiger partial charge in [-0.1, -0.05) is 13.8 Å². The van der Waals surface area contributed by atoms with Crippen molar-refractivity contribution in [3.05, 3.63) is 59.3 Å². The van der Waals surface area contributed by atoms with Crippen LogP contribution in [0.4, 0.5) is 4.39 Å². The number of rotatable bonds is 5. The number of hydrogen-bond donors (Lipinski definition) is 1. The molecule has 1 amide bonds. The van der Waals surface area contributed by atoms with Gasteiger partial charge < -0.3 is 10.1 Å². The Bertz CT molecular complexity index is 1060. The van der Waals surface area contributed by atoms with Gasteiger partial charge in [0.2, 0.25) is 0 Å². The van der Waals surface area contributed by atoms with Crippen molar-refractivity contribution >= 4 is 5.91 Å². The molecule has 156 valence electrons. The molecule has 1 atom stereocenters. The molecule has 2 aromatic heterocycles. The van der Waals surface area contributed by atoms with Gasteiger partial charge in [0, 0.05) is 18.4 Å². The van der Waals surface area contributed by atoms with E-state index in [1.54, 1.807) is 29.2 Å². The Labute approximate surface area is 174 Å². The third-order valence-electron chi connectivity index (χ3n) is 5.13. The van der Waals surface area contributed by atoms with E-state index in [0.29, 0.717) is 30.4 Å². The molecular weight excluding hydrogens is 385 g/mol. The smallest absolute Gasteiger partial charge is 0.255 e. The summed E-state index contributed by atoms with van der Waals surface area (Å²) in [4.78, 5) is 22.0. The standard InChI is InChI=1S/C22H24FN5O2/c1-13(2)20-18(21(29)26-17-8-9-30-12-17)11-25-28(20)22-24-10-14(3)19(27-22)15-4-6-16(23)7-5-15/h4-7,10-11,13,17H,8-9,12H2,1-3H3,(H,26,29)/t17-/m1/s1. The van der Waals surface area contributed by atoms with E-state index < -0.39 is 0 Å². The van der Waals surface area contributed by atoms with Crippen LogP contribution >= 0.6 is 0 Å². The molecule has 1 aromatic carbocycles. The molecule has 0 radical (unpaired) electrons. The number of amides is 1. The minimum absolute atomic E-state index is 0.0153. The van der Waals surface area contributed by atoms with Crippen LogP contribution in [0.1, 0.15) is 47.8 Å². The van der Waals surface area contributed by atoms with Crippen molar-refractivity contribution in [2.45, 2.75) is 39.2 Å². The fourth-order valence-electron chi connectivity index (χ4n) is 3.59. The quantitative estimate of drug-likeness (QED) is 0.698. The molecular formula is C22H24FN5O2. The van der Waals surface area contributed by atoms with Crippen LogP contribution in [0.3, 0.4) is 0 Å². The molecule has 0 saturated carbocycles. The highest BCUT2D eigenvalue weighted by Gasteiger charge is 2.25. The highest BCUT2D eigenvalue weighted by Crippen LogP contribution is 2.25. The minimum atomic E-state index is -0.303. The molecule has 3 aromatic rings. The molecule has 0 aliphatic carbocycles. The first-order valence-corrected chi connectivity index (χ1v) is 10.0. The zero-order chi connectivity index (χ0) is 21.3. The predicted molar refractivity (Wildman–Crippen MR) is 110 cm³/mol. The Morgan fingerprint density at radius 1 is 1.27 bits per heavy atom. The van der Waals surface area contributed by atoms with Crippen molar-refractivity contribution in [1.29, 1.82) is 0 Å². The van der Waals surface area contributed by atoms with Crippen LogP contribution in [0.5, 0.6) is 0 Å². The monoisotopic (exact) mass is 409 g/mol. The molecule has 3 heterocycles. The van der Waals surface area contributed by atoms with Crippen LogP contribution in [0.2, 0.25) is 0 Å². The number of carbonyl (C=O) groups excluding carboxylic acids is 1. The van der Waals surface area contributed by atoms with Crippen LogP contribution in [-0.2, 0) is 4.74 Å². The fraction of sp³-hybridized carbons (Fsp3) is 0.364. The van der Waals surface area contributed by atoms with Crippen molar-refractivity contribution in [3.8, 4) is 17.2 Å². The lowest BCUT2D eigenvalue weighted by molar-refractivity contribution is 0.0928. The van der Waals surface area contributed by atoms with Gasteiger partial charge in [-0.3, -0.25) is 4.79 Å². The van der Waals surface area contributed by atoms with Gasteiger partial charge in [0.05, 0.1) is 35.8 Å². The first kappa shape index (κ1) is 20.2. The lowest BCUT2D eigenvalue weighted by Gasteiger charge is -2.14. The number of halogens is 1. The average Bonchev–Trinajstić information content (AvgIpc) is 3.39. The zero-order valence-corrected chi connectivity index (χ0v) is 17.2. The molecule has 1 aliphatic heterocycles. The van der Waals surface area contributed by atoms with E-state index in [-0.39, 0.29) is 23.7 Å². The third kappa shape index (κ3) is 3.95. The normalized spacial score (nSPS) is 16.2. The summed E-state index contributed by atoms with van der Waals surface area (Å²) >= 11 is 0. The number of carbonyl (C=O) groups is 1. The Hall–Kier alpha value is -3.13. The van der Waals surface area contributed by atoms with Crippen molar-refractivity contribution in [2.75, 3.05) is 13.2 Å². The van der Waals surface area contributed by atoms with Crippen molar-refractivity contribution < 1.29 is 13.9 Å². The molecule has 1 fully saturated rings. The number of aromatic nitrogens is 4. The predicted octanol–water partition coefficient (Wildman–Crippen LogP) is 3.42. The molecule has 7 nitrogen and oxygen atoms in total. The zero-order valence-electron chi connectivity index (χ0n) is 17.2. The van der Waals surface area contributed by atoms with E-state index in [0.717, 1.165) is 23.2 Å².